The van der Waals surface area contributed by atoms with Crippen LogP contribution >= 0.6 is 22.6 Å². The van der Waals surface area contributed by atoms with Gasteiger partial charge in [-0.15, -0.1) is 0 Å². The molecule has 0 bridgehead atoms. The summed E-state index contributed by atoms with van der Waals surface area (Å²) in [6.07, 6.45) is 0. The number of anilines is 1. The van der Waals surface area contributed by atoms with Crippen LogP contribution in [0.5, 0.6) is 5.75 Å². The number of nitrogens with two attached hydrogens (primary N) is 1. The molecule has 112 valence electrons. The van der Waals surface area contributed by atoms with Crippen molar-refractivity contribution in [2.75, 3.05) is 17.9 Å². The van der Waals surface area contributed by atoms with Gasteiger partial charge >= 0.3 is 0 Å². The second-order valence-electron chi connectivity index (χ2n) is 4.22. The lowest BCUT2D eigenvalue weighted by atomic mass is 10.3. The van der Waals surface area contributed by atoms with Crippen LogP contribution in [0.3, 0.4) is 0 Å². The van der Waals surface area contributed by atoms with Gasteiger partial charge in [0.2, 0.25) is 0 Å². The number of hydrogen-bond donors (Lipinski definition) is 2. The second kappa shape index (κ2) is 7.10. The highest BCUT2D eigenvalue weighted by Gasteiger charge is 2.13. The molecule has 0 fully saturated rings. The molecule has 2 aromatic rings. The van der Waals surface area contributed by atoms with E-state index in [9.17, 15) is 8.42 Å². The normalized spacial score (nSPS) is 11.1. The number of halogens is 1. The van der Waals surface area contributed by atoms with E-state index >= 15 is 0 Å². The summed E-state index contributed by atoms with van der Waals surface area (Å²) >= 11 is 2.12. The molecule has 0 heterocycles. The predicted octanol–water partition coefficient (Wildman–Crippen LogP) is 2.43. The second-order valence-corrected chi connectivity index (χ2v) is 7.15. The van der Waals surface area contributed by atoms with Crippen LogP contribution in [0.1, 0.15) is 0 Å². The summed E-state index contributed by atoms with van der Waals surface area (Å²) in [7, 11) is -3.57. The van der Waals surface area contributed by atoms with E-state index in [-0.39, 0.29) is 4.90 Å². The van der Waals surface area contributed by atoms with Crippen LogP contribution < -0.4 is 15.2 Å². The Bertz CT molecular complexity index is 685. The average Bonchev–Trinajstić information content (AvgIpc) is 2.47. The summed E-state index contributed by atoms with van der Waals surface area (Å²) in [6.45, 7) is 0.856. The highest BCUT2D eigenvalue weighted by molar-refractivity contribution is 14.1. The van der Waals surface area contributed by atoms with Crippen LogP contribution in [0.4, 0.5) is 5.69 Å². The highest BCUT2D eigenvalue weighted by Crippen LogP contribution is 2.20. The van der Waals surface area contributed by atoms with Crippen molar-refractivity contribution in [2.45, 2.75) is 4.90 Å². The maximum absolute atomic E-state index is 12.2. The largest absolute Gasteiger partial charge is 0.492 e. The van der Waals surface area contributed by atoms with Gasteiger partial charge in [0.15, 0.2) is 0 Å². The summed E-state index contributed by atoms with van der Waals surface area (Å²) < 4.78 is 33.3. The van der Waals surface area contributed by atoms with Gasteiger partial charge in [-0.25, -0.2) is 8.42 Å². The third-order valence-corrected chi connectivity index (χ3v) is 4.73. The summed E-state index contributed by atoms with van der Waals surface area (Å²) in [6, 6.07) is 13.3. The van der Waals surface area contributed by atoms with Gasteiger partial charge in [-0.2, -0.15) is 0 Å². The molecular weight excluding hydrogens is 403 g/mol. The number of nitrogens with one attached hydrogen (secondary N) is 1. The molecule has 0 amide bonds. The molecule has 0 atom stereocenters. The van der Waals surface area contributed by atoms with Crippen molar-refractivity contribution in [3.8, 4) is 5.75 Å². The molecule has 0 aliphatic carbocycles. The third-order valence-electron chi connectivity index (χ3n) is 2.62. The first-order valence-electron chi connectivity index (χ1n) is 6.22. The molecule has 7 heteroatoms. The molecule has 0 aromatic heterocycles. The molecule has 0 saturated heterocycles. The van der Waals surface area contributed by atoms with Crippen LogP contribution in [-0.2, 0) is 10.0 Å². The molecule has 3 N–H and O–H groups in total. The molecule has 0 radical (unpaired) electrons. The molecular formula is C14H15IN2O3S. The van der Waals surface area contributed by atoms with E-state index in [0.717, 1.165) is 3.57 Å². The van der Waals surface area contributed by atoms with Gasteiger partial charge in [0.05, 0.1) is 4.90 Å². The number of rotatable bonds is 6. The lowest BCUT2D eigenvalue weighted by molar-refractivity contribution is 0.328. The van der Waals surface area contributed by atoms with E-state index < -0.39 is 10.0 Å². The topological polar surface area (TPSA) is 81.4 Å². The van der Waals surface area contributed by atoms with Crippen molar-refractivity contribution >= 4 is 38.3 Å². The van der Waals surface area contributed by atoms with Gasteiger partial charge in [0, 0.05) is 15.8 Å². The van der Waals surface area contributed by atoms with Crippen molar-refractivity contribution in [3.63, 3.8) is 0 Å². The zero-order valence-corrected chi connectivity index (χ0v) is 14.1. The molecule has 0 spiro atoms. The molecule has 0 aliphatic rings. The van der Waals surface area contributed by atoms with Crippen molar-refractivity contribution in [3.05, 3.63) is 52.1 Å². The van der Waals surface area contributed by atoms with Gasteiger partial charge in [-0.3, -0.25) is 4.72 Å². The zero-order valence-electron chi connectivity index (χ0n) is 11.1. The standard InChI is InChI=1S/C14H15IN2O3S/c15-11-1-7-14(8-2-11)21(18,19)17-12-3-5-13(6-4-12)20-10-9-16/h1-8,17H,9-10,16H2. The Morgan fingerprint density at radius 1 is 1.05 bits per heavy atom. The van der Waals surface area contributed by atoms with E-state index in [4.69, 9.17) is 10.5 Å². The monoisotopic (exact) mass is 418 g/mol. The van der Waals surface area contributed by atoms with Crippen molar-refractivity contribution in [2.24, 2.45) is 5.73 Å². The van der Waals surface area contributed by atoms with E-state index in [1.165, 1.54) is 0 Å². The number of benzene rings is 2. The Morgan fingerprint density at radius 3 is 2.24 bits per heavy atom. The fourth-order valence-electron chi connectivity index (χ4n) is 1.62. The Balaban J connectivity index is 2.11. The quantitative estimate of drug-likeness (QED) is 0.707. The molecule has 5 nitrogen and oxygen atoms in total. The Morgan fingerprint density at radius 2 is 1.67 bits per heavy atom. The minimum Gasteiger partial charge on any atom is -0.492 e. The van der Waals surface area contributed by atoms with Crippen LogP contribution in [0.2, 0.25) is 0 Å². The van der Waals surface area contributed by atoms with Crippen molar-refractivity contribution in [1.29, 1.82) is 0 Å². The van der Waals surface area contributed by atoms with Gasteiger partial charge in [0.25, 0.3) is 10.0 Å². The molecule has 2 aromatic carbocycles. The molecule has 2 rings (SSSR count). The predicted molar refractivity (Wildman–Crippen MR) is 91.0 cm³/mol. The van der Waals surface area contributed by atoms with Crippen molar-refractivity contribution < 1.29 is 13.2 Å². The van der Waals surface area contributed by atoms with Crippen LogP contribution in [0.15, 0.2) is 53.4 Å². The Labute approximate surface area is 137 Å². The van der Waals surface area contributed by atoms with Crippen LogP contribution in [0, 0.1) is 3.57 Å². The van der Waals surface area contributed by atoms with E-state index in [0.29, 0.717) is 24.6 Å². The first-order chi connectivity index (χ1) is 10.0. The average molecular weight is 418 g/mol. The molecule has 0 unspecified atom stereocenters. The number of hydrogen-bond acceptors (Lipinski definition) is 4. The summed E-state index contributed by atoms with van der Waals surface area (Å²) in [5, 5.41) is 0. The maximum atomic E-state index is 12.2. The minimum absolute atomic E-state index is 0.228. The summed E-state index contributed by atoms with van der Waals surface area (Å²) in [4.78, 5) is 0.228. The lowest BCUT2D eigenvalue weighted by Gasteiger charge is -2.09. The number of sulfonamides is 1. The summed E-state index contributed by atoms with van der Waals surface area (Å²) in [5.74, 6) is 0.651. The maximum Gasteiger partial charge on any atom is 0.261 e. The van der Waals surface area contributed by atoms with Gasteiger partial charge in [-0.1, -0.05) is 0 Å². The van der Waals surface area contributed by atoms with Crippen LogP contribution in [0.25, 0.3) is 0 Å². The third kappa shape index (κ3) is 4.58. The first kappa shape index (κ1) is 16.1. The Kier molecular flexibility index (Phi) is 5.43. The molecule has 21 heavy (non-hydrogen) atoms. The zero-order chi connectivity index (χ0) is 15.3. The Hall–Kier alpha value is -1.32. The first-order valence-corrected chi connectivity index (χ1v) is 8.79. The number of ether oxygens (including phenoxy) is 1. The lowest BCUT2D eigenvalue weighted by Crippen LogP contribution is -2.13. The van der Waals surface area contributed by atoms with E-state index in [1.54, 1.807) is 48.5 Å². The SMILES string of the molecule is NCCOc1ccc(NS(=O)(=O)c2ccc(I)cc2)cc1. The van der Waals surface area contributed by atoms with Crippen molar-refractivity contribution in [1.82, 2.24) is 0 Å². The molecule has 0 saturated carbocycles. The summed E-state index contributed by atoms with van der Waals surface area (Å²) in [5.41, 5.74) is 5.83. The smallest absolute Gasteiger partial charge is 0.261 e. The fourth-order valence-corrected chi connectivity index (χ4v) is 3.04. The van der Waals surface area contributed by atoms with Crippen LogP contribution in [-0.4, -0.2) is 21.6 Å². The minimum atomic E-state index is -3.57. The highest BCUT2D eigenvalue weighted by atomic mass is 127. The van der Waals surface area contributed by atoms with Gasteiger partial charge < -0.3 is 10.5 Å². The van der Waals surface area contributed by atoms with Gasteiger partial charge in [0.1, 0.15) is 12.4 Å². The van der Waals surface area contributed by atoms with E-state index in [2.05, 4.69) is 27.3 Å². The van der Waals surface area contributed by atoms with Gasteiger partial charge in [-0.05, 0) is 71.1 Å². The van der Waals surface area contributed by atoms with E-state index in [1.807, 2.05) is 0 Å². The molecule has 0 aliphatic heterocycles. The fraction of sp³-hybridized carbons (Fsp3) is 0.143.